The SMILES string of the molecule is CO[C@@H]1[C@@H](n2cc(-c3cc(F)c(F)c(F)c3)nn2)[C@@H](O)[C@@H](CO)O[C@@H]1Cc1cn(C(C)(C)C)nn1. The van der Waals surface area contributed by atoms with Gasteiger partial charge in [-0.05, 0) is 32.9 Å². The van der Waals surface area contributed by atoms with Gasteiger partial charge in [-0.1, -0.05) is 10.4 Å². The summed E-state index contributed by atoms with van der Waals surface area (Å²) in [5.41, 5.74) is 0.372. The Kier molecular flexibility index (Phi) is 6.95. The number of benzene rings is 1. The summed E-state index contributed by atoms with van der Waals surface area (Å²) in [5.74, 6) is -4.31. The van der Waals surface area contributed by atoms with Crippen LogP contribution in [0.1, 0.15) is 32.5 Å². The number of aromatic nitrogens is 6. The second kappa shape index (κ2) is 9.64. The van der Waals surface area contributed by atoms with Crippen LogP contribution in [-0.2, 0) is 21.4 Å². The van der Waals surface area contributed by atoms with Crippen molar-refractivity contribution in [1.82, 2.24) is 30.0 Å². The minimum Gasteiger partial charge on any atom is -0.394 e. The number of rotatable bonds is 6. The van der Waals surface area contributed by atoms with E-state index >= 15 is 0 Å². The number of methoxy groups -OCH3 is 1. The van der Waals surface area contributed by atoms with Crippen LogP contribution in [0.2, 0.25) is 0 Å². The van der Waals surface area contributed by atoms with E-state index in [9.17, 15) is 23.4 Å². The molecule has 3 aromatic rings. The molecule has 1 fully saturated rings. The molecule has 0 unspecified atom stereocenters. The van der Waals surface area contributed by atoms with E-state index in [1.54, 1.807) is 10.9 Å². The molecule has 0 saturated carbocycles. The fraction of sp³-hybridized carbons (Fsp3) is 0.545. The summed E-state index contributed by atoms with van der Waals surface area (Å²) in [6.45, 7) is 5.47. The lowest BCUT2D eigenvalue weighted by Gasteiger charge is -2.43. The van der Waals surface area contributed by atoms with Gasteiger partial charge < -0.3 is 19.7 Å². The minimum atomic E-state index is -1.59. The number of nitrogens with zero attached hydrogens (tertiary/aromatic N) is 6. The van der Waals surface area contributed by atoms with Crippen molar-refractivity contribution in [1.29, 1.82) is 0 Å². The van der Waals surface area contributed by atoms with Gasteiger partial charge in [0.25, 0.3) is 0 Å². The van der Waals surface area contributed by atoms with E-state index in [4.69, 9.17) is 9.47 Å². The zero-order valence-electron chi connectivity index (χ0n) is 19.6. The lowest BCUT2D eigenvalue weighted by molar-refractivity contribution is -0.212. The Morgan fingerprint density at radius 1 is 1.06 bits per heavy atom. The quantitative estimate of drug-likeness (QED) is 0.494. The van der Waals surface area contributed by atoms with Gasteiger partial charge in [0.2, 0.25) is 0 Å². The average molecular weight is 496 g/mol. The molecule has 13 heteroatoms. The zero-order chi connectivity index (χ0) is 25.5. The highest BCUT2D eigenvalue weighted by Gasteiger charge is 2.47. The van der Waals surface area contributed by atoms with E-state index in [-0.39, 0.29) is 23.2 Å². The Morgan fingerprint density at radius 2 is 1.74 bits per heavy atom. The third-order valence-electron chi connectivity index (χ3n) is 5.97. The molecule has 0 aliphatic carbocycles. The molecule has 0 bridgehead atoms. The highest BCUT2D eigenvalue weighted by atomic mass is 19.2. The molecule has 2 N–H and O–H groups in total. The van der Waals surface area contributed by atoms with Crippen LogP contribution < -0.4 is 0 Å². The van der Waals surface area contributed by atoms with Crippen LogP contribution in [0.5, 0.6) is 0 Å². The first kappa shape index (κ1) is 25.2. The highest BCUT2D eigenvalue weighted by molar-refractivity contribution is 5.57. The van der Waals surface area contributed by atoms with Crippen molar-refractivity contribution in [2.75, 3.05) is 13.7 Å². The van der Waals surface area contributed by atoms with Crippen LogP contribution in [0.4, 0.5) is 13.2 Å². The maximum Gasteiger partial charge on any atom is 0.194 e. The Morgan fingerprint density at radius 3 is 2.31 bits per heavy atom. The summed E-state index contributed by atoms with van der Waals surface area (Å²) in [4.78, 5) is 0. The van der Waals surface area contributed by atoms with E-state index in [2.05, 4.69) is 20.6 Å². The number of halogens is 3. The molecule has 1 aromatic carbocycles. The summed E-state index contributed by atoms with van der Waals surface area (Å²) in [6, 6.07) is 0.738. The topological polar surface area (TPSA) is 120 Å². The van der Waals surface area contributed by atoms with Crippen molar-refractivity contribution in [2.45, 2.75) is 63.2 Å². The molecule has 190 valence electrons. The number of aliphatic hydroxyl groups is 2. The fourth-order valence-corrected chi connectivity index (χ4v) is 4.11. The van der Waals surface area contributed by atoms with Crippen LogP contribution in [0.25, 0.3) is 11.3 Å². The summed E-state index contributed by atoms with van der Waals surface area (Å²) in [6.07, 6.45) is -0.212. The first-order chi connectivity index (χ1) is 16.5. The molecular weight excluding hydrogens is 469 g/mol. The van der Waals surface area contributed by atoms with Gasteiger partial charge in [0, 0.05) is 25.3 Å². The fourth-order valence-electron chi connectivity index (χ4n) is 4.11. The predicted molar refractivity (Wildman–Crippen MR) is 116 cm³/mol. The summed E-state index contributed by atoms with van der Waals surface area (Å²) >= 11 is 0. The first-order valence-corrected chi connectivity index (χ1v) is 11.0. The zero-order valence-corrected chi connectivity index (χ0v) is 19.6. The molecule has 35 heavy (non-hydrogen) atoms. The normalized spacial score (nSPS) is 25.2. The molecular formula is C22H27F3N6O4. The molecule has 0 radical (unpaired) electrons. The predicted octanol–water partition coefficient (Wildman–Crippen LogP) is 1.63. The molecule has 3 heterocycles. The van der Waals surface area contributed by atoms with E-state index in [1.165, 1.54) is 18.0 Å². The van der Waals surface area contributed by atoms with Crippen molar-refractivity contribution < 1.29 is 32.9 Å². The van der Waals surface area contributed by atoms with Crippen molar-refractivity contribution in [3.8, 4) is 11.3 Å². The van der Waals surface area contributed by atoms with Crippen LogP contribution in [0.3, 0.4) is 0 Å². The molecule has 10 nitrogen and oxygen atoms in total. The minimum absolute atomic E-state index is 0.0304. The van der Waals surface area contributed by atoms with Crippen molar-refractivity contribution >= 4 is 0 Å². The Labute approximate surface area is 199 Å². The standard InChI is InChI=1S/C22H27F3N6O4/c1-22(2,3)31-8-12(26-29-31)7-16-21(34-4)19(20(33)17(10-32)35-16)30-9-15(27-28-30)11-5-13(23)18(25)14(24)6-11/h5-6,8-9,16-17,19-21,32-33H,7,10H2,1-4H3/t16-,17-,19+,20+,21+/m1/s1. The van der Waals surface area contributed by atoms with Gasteiger partial charge in [-0.3, -0.25) is 0 Å². The van der Waals surface area contributed by atoms with Gasteiger partial charge >= 0.3 is 0 Å². The molecule has 0 amide bonds. The summed E-state index contributed by atoms with van der Waals surface area (Å²) in [7, 11) is 1.44. The third-order valence-corrected chi connectivity index (χ3v) is 5.97. The van der Waals surface area contributed by atoms with Gasteiger partial charge in [0.1, 0.15) is 30.0 Å². The van der Waals surface area contributed by atoms with Crippen molar-refractivity contribution in [2.24, 2.45) is 0 Å². The van der Waals surface area contributed by atoms with Gasteiger partial charge in [-0.2, -0.15) is 0 Å². The number of aliphatic hydroxyl groups excluding tert-OH is 2. The van der Waals surface area contributed by atoms with Gasteiger partial charge in [-0.25, -0.2) is 22.5 Å². The van der Waals surface area contributed by atoms with Gasteiger partial charge in [-0.15, -0.1) is 10.2 Å². The number of hydrogen-bond donors (Lipinski definition) is 2. The second-order valence-electron chi connectivity index (χ2n) is 9.44. The Balaban J connectivity index is 1.65. The smallest absolute Gasteiger partial charge is 0.194 e. The molecule has 2 aromatic heterocycles. The molecule has 1 aliphatic rings. The van der Waals surface area contributed by atoms with E-state index in [1.807, 2.05) is 20.8 Å². The van der Waals surface area contributed by atoms with Crippen LogP contribution in [0, 0.1) is 17.5 Å². The number of hydrogen-bond acceptors (Lipinski definition) is 8. The molecule has 4 rings (SSSR count). The lowest BCUT2D eigenvalue weighted by atomic mass is 9.90. The number of ether oxygens (including phenoxy) is 2. The van der Waals surface area contributed by atoms with Crippen LogP contribution >= 0.6 is 0 Å². The van der Waals surface area contributed by atoms with Crippen molar-refractivity contribution in [3.05, 3.63) is 47.7 Å². The maximum absolute atomic E-state index is 13.7. The third kappa shape index (κ3) is 4.94. The Bertz CT molecular complexity index is 1160. The van der Waals surface area contributed by atoms with Gasteiger partial charge in [0.05, 0.1) is 30.1 Å². The van der Waals surface area contributed by atoms with E-state index in [0.29, 0.717) is 5.69 Å². The molecule has 1 saturated heterocycles. The molecule has 1 aliphatic heterocycles. The molecule has 0 spiro atoms. The summed E-state index contributed by atoms with van der Waals surface area (Å²) < 4.78 is 55.4. The van der Waals surface area contributed by atoms with Gasteiger partial charge in [0.15, 0.2) is 17.5 Å². The van der Waals surface area contributed by atoms with Crippen LogP contribution in [0.15, 0.2) is 24.5 Å². The largest absolute Gasteiger partial charge is 0.394 e. The molecule has 5 atom stereocenters. The first-order valence-electron chi connectivity index (χ1n) is 11.0. The second-order valence-corrected chi connectivity index (χ2v) is 9.44. The lowest BCUT2D eigenvalue weighted by Crippen LogP contribution is -2.57. The van der Waals surface area contributed by atoms with E-state index in [0.717, 1.165) is 12.1 Å². The highest BCUT2D eigenvalue weighted by Crippen LogP contribution is 2.34. The maximum atomic E-state index is 13.7. The summed E-state index contributed by atoms with van der Waals surface area (Å²) in [5, 5.41) is 37.0. The Hall–Kier alpha value is -2.87. The van der Waals surface area contributed by atoms with Crippen LogP contribution in [-0.4, -0.2) is 78.3 Å². The average Bonchev–Trinajstić information content (AvgIpc) is 3.47. The monoisotopic (exact) mass is 496 g/mol. The van der Waals surface area contributed by atoms with E-state index < -0.39 is 54.5 Å². The van der Waals surface area contributed by atoms with Crippen molar-refractivity contribution in [3.63, 3.8) is 0 Å².